The van der Waals surface area contributed by atoms with Gasteiger partial charge < -0.3 is 15.2 Å². The molecule has 1 aliphatic rings. The Morgan fingerprint density at radius 1 is 1.47 bits per heavy atom. The lowest BCUT2D eigenvalue weighted by atomic mass is 9.94. The van der Waals surface area contributed by atoms with Crippen molar-refractivity contribution in [3.63, 3.8) is 0 Å². The van der Waals surface area contributed by atoms with E-state index >= 15 is 0 Å². The molecule has 0 amide bonds. The Hall–Kier alpha value is -0.870. The van der Waals surface area contributed by atoms with Crippen LogP contribution in [0.5, 0.6) is 0 Å². The zero-order valence-electron chi connectivity index (χ0n) is 11.0. The molecule has 2 rings (SSSR count). The summed E-state index contributed by atoms with van der Waals surface area (Å²) < 4.78 is 2.21. The molecule has 1 aliphatic heterocycles. The number of likely N-dealkylation sites (tertiary alicyclic amines) is 1. The van der Waals surface area contributed by atoms with Gasteiger partial charge in [-0.25, -0.2) is 4.98 Å². The molecule has 0 aliphatic carbocycles. The van der Waals surface area contributed by atoms with Crippen molar-refractivity contribution in [1.82, 2.24) is 14.5 Å². The van der Waals surface area contributed by atoms with E-state index in [-0.39, 0.29) is 6.04 Å². The lowest BCUT2D eigenvalue weighted by Gasteiger charge is -2.29. The van der Waals surface area contributed by atoms with Crippen molar-refractivity contribution in [3.8, 4) is 0 Å². The number of nitrogens with zero attached hydrogens (tertiary/aromatic N) is 3. The Bertz CT molecular complexity index is 337. The molecule has 17 heavy (non-hydrogen) atoms. The Morgan fingerprint density at radius 3 is 2.82 bits per heavy atom. The summed E-state index contributed by atoms with van der Waals surface area (Å²) in [5.74, 6) is 0.870. The molecule has 0 unspecified atom stereocenters. The van der Waals surface area contributed by atoms with Gasteiger partial charge in [0.2, 0.25) is 0 Å². The summed E-state index contributed by atoms with van der Waals surface area (Å²) in [6.07, 6.45) is 7.72. The maximum atomic E-state index is 5.92. The van der Waals surface area contributed by atoms with Gasteiger partial charge in [0, 0.05) is 18.8 Å². The van der Waals surface area contributed by atoms with Crippen molar-refractivity contribution in [1.29, 1.82) is 0 Å². The number of rotatable bonds is 4. The zero-order chi connectivity index (χ0) is 12.3. The molecule has 1 saturated heterocycles. The van der Waals surface area contributed by atoms with Crippen LogP contribution >= 0.6 is 0 Å². The number of piperidine rings is 1. The lowest BCUT2D eigenvalue weighted by Crippen LogP contribution is -2.30. The van der Waals surface area contributed by atoms with Gasteiger partial charge in [0.05, 0.1) is 12.0 Å². The number of aryl methyl sites for hydroxylation is 1. The fourth-order valence-corrected chi connectivity index (χ4v) is 2.57. The Kier molecular flexibility index (Phi) is 4.18. The molecule has 1 aromatic rings. The topological polar surface area (TPSA) is 47.1 Å². The normalized spacial score (nSPS) is 20.6. The Balaban J connectivity index is 1.83. The van der Waals surface area contributed by atoms with Crippen LogP contribution in [0.2, 0.25) is 0 Å². The van der Waals surface area contributed by atoms with E-state index in [4.69, 9.17) is 5.73 Å². The maximum Gasteiger partial charge on any atom is 0.0948 e. The molecule has 1 atom stereocenters. The van der Waals surface area contributed by atoms with Gasteiger partial charge in [0.25, 0.3) is 0 Å². The smallest absolute Gasteiger partial charge is 0.0948 e. The minimum absolute atomic E-state index is 0.0787. The van der Waals surface area contributed by atoms with Gasteiger partial charge in [-0.2, -0.15) is 0 Å². The third kappa shape index (κ3) is 3.30. The number of hydrogen-bond acceptors (Lipinski definition) is 3. The molecular formula is C13H24N4. The molecule has 1 aromatic heterocycles. The molecule has 1 fully saturated rings. The van der Waals surface area contributed by atoms with E-state index in [1.54, 1.807) is 0 Å². The molecule has 0 radical (unpaired) electrons. The van der Waals surface area contributed by atoms with Gasteiger partial charge in [-0.3, -0.25) is 0 Å². The SMILES string of the molecule is C[C@H](N)c1cncn1CCC1CCN(C)CC1. The third-order valence-corrected chi connectivity index (χ3v) is 3.83. The Labute approximate surface area is 104 Å². The van der Waals surface area contributed by atoms with Gasteiger partial charge in [0.1, 0.15) is 0 Å². The van der Waals surface area contributed by atoms with E-state index in [0.717, 1.165) is 18.2 Å². The second-order valence-electron chi connectivity index (χ2n) is 5.34. The third-order valence-electron chi connectivity index (χ3n) is 3.83. The van der Waals surface area contributed by atoms with Crippen LogP contribution in [0, 0.1) is 5.92 Å². The number of nitrogens with two attached hydrogens (primary N) is 1. The van der Waals surface area contributed by atoms with Crippen LogP contribution in [0.4, 0.5) is 0 Å². The highest BCUT2D eigenvalue weighted by Crippen LogP contribution is 2.21. The van der Waals surface area contributed by atoms with E-state index in [9.17, 15) is 0 Å². The maximum absolute atomic E-state index is 5.92. The van der Waals surface area contributed by atoms with Crippen molar-refractivity contribution in [2.45, 2.75) is 38.8 Å². The number of aromatic nitrogens is 2. The molecule has 96 valence electrons. The highest BCUT2D eigenvalue weighted by atomic mass is 15.1. The number of imidazole rings is 1. The monoisotopic (exact) mass is 236 g/mol. The van der Waals surface area contributed by atoms with Crippen LogP contribution < -0.4 is 5.73 Å². The summed E-state index contributed by atoms with van der Waals surface area (Å²) in [4.78, 5) is 6.61. The van der Waals surface area contributed by atoms with E-state index in [1.165, 1.54) is 32.4 Å². The van der Waals surface area contributed by atoms with E-state index in [1.807, 2.05) is 19.4 Å². The summed E-state index contributed by atoms with van der Waals surface area (Å²) in [5, 5.41) is 0. The van der Waals surface area contributed by atoms with Crippen LogP contribution in [0.25, 0.3) is 0 Å². The first-order valence-electron chi connectivity index (χ1n) is 6.61. The van der Waals surface area contributed by atoms with Crippen LogP contribution in [0.1, 0.15) is 37.9 Å². The van der Waals surface area contributed by atoms with Crippen LogP contribution in [-0.4, -0.2) is 34.6 Å². The van der Waals surface area contributed by atoms with Gasteiger partial charge >= 0.3 is 0 Å². The van der Waals surface area contributed by atoms with E-state index in [0.29, 0.717) is 0 Å². The second-order valence-corrected chi connectivity index (χ2v) is 5.34. The average Bonchev–Trinajstić information content (AvgIpc) is 2.76. The van der Waals surface area contributed by atoms with Crippen LogP contribution in [-0.2, 0) is 6.54 Å². The fourth-order valence-electron chi connectivity index (χ4n) is 2.57. The molecule has 0 saturated carbocycles. The predicted octanol–water partition coefficient (Wildman–Crippen LogP) is 1.63. The summed E-state index contributed by atoms with van der Waals surface area (Å²) in [7, 11) is 2.21. The van der Waals surface area contributed by atoms with Crippen molar-refractivity contribution in [2.24, 2.45) is 11.7 Å². The summed E-state index contributed by atoms with van der Waals surface area (Å²) in [5.41, 5.74) is 7.07. The number of hydrogen-bond donors (Lipinski definition) is 1. The highest BCUT2D eigenvalue weighted by molar-refractivity contribution is 5.02. The van der Waals surface area contributed by atoms with E-state index < -0.39 is 0 Å². The standard InChI is InChI=1S/C13H24N4/c1-11(14)13-9-15-10-17(13)8-5-12-3-6-16(2)7-4-12/h9-12H,3-8,14H2,1-2H3/t11-/m0/s1. The average molecular weight is 236 g/mol. The quantitative estimate of drug-likeness (QED) is 0.864. The fraction of sp³-hybridized carbons (Fsp3) is 0.769. The second kappa shape index (κ2) is 5.65. The van der Waals surface area contributed by atoms with Gasteiger partial charge in [-0.1, -0.05) is 0 Å². The molecule has 2 N–H and O–H groups in total. The first kappa shape index (κ1) is 12.6. The van der Waals surface area contributed by atoms with Gasteiger partial charge in [0.15, 0.2) is 0 Å². The van der Waals surface area contributed by atoms with Gasteiger partial charge in [-0.15, -0.1) is 0 Å². The molecule has 2 heterocycles. The van der Waals surface area contributed by atoms with Crippen LogP contribution in [0.15, 0.2) is 12.5 Å². The van der Waals surface area contributed by atoms with Crippen molar-refractivity contribution in [2.75, 3.05) is 20.1 Å². The van der Waals surface area contributed by atoms with Crippen molar-refractivity contribution < 1.29 is 0 Å². The van der Waals surface area contributed by atoms with E-state index in [2.05, 4.69) is 21.5 Å². The molecule has 4 nitrogen and oxygen atoms in total. The highest BCUT2D eigenvalue weighted by Gasteiger charge is 2.17. The largest absolute Gasteiger partial charge is 0.333 e. The first-order chi connectivity index (χ1) is 8.16. The van der Waals surface area contributed by atoms with Crippen LogP contribution in [0.3, 0.4) is 0 Å². The molecule has 4 heteroatoms. The lowest BCUT2D eigenvalue weighted by molar-refractivity contribution is 0.207. The predicted molar refractivity (Wildman–Crippen MR) is 69.7 cm³/mol. The summed E-state index contributed by atoms with van der Waals surface area (Å²) >= 11 is 0. The minimum Gasteiger partial charge on any atom is -0.333 e. The summed E-state index contributed by atoms with van der Waals surface area (Å²) in [6, 6.07) is 0.0787. The zero-order valence-corrected chi connectivity index (χ0v) is 11.0. The molecule has 0 aromatic carbocycles. The van der Waals surface area contributed by atoms with Crippen molar-refractivity contribution >= 4 is 0 Å². The van der Waals surface area contributed by atoms with Gasteiger partial charge in [-0.05, 0) is 52.2 Å². The first-order valence-corrected chi connectivity index (χ1v) is 6.61. The summed E-state index contributed by atoms with van der Waals surface area (Å²) in [6.45, 7) is 5.57. The molecular weight excluding hydrogens is 212 g/mol. The van der Waals surface area contributed by atoms with Crippen molar-refractivity contribution in [3.05, 3.63) is 18.2 Å². The Morgan fingerprint density at radius 2 is 2.18 bits per heavy atom. The molecule has 0 bridgehead atoms. The molecule has 0 spiro atoms. The minimum atomic E-state index is 0.0787.